The first-order chi connectivity index (χ1) is 17.4. The number of hydrogen-bond donors (Lipinski definition) is 5. The maximum absolute atomic E-state index is 13.1. The standard InChI is InChI=1S/C24H29ClN8O3/c1-13(34)23(35)30-16-6-4-15(5-7-16)29-21-11-18(28-14-2-3-14)22-27-12-19(33(22)32-21)24(36)31-17-8-9-26-20(25)10-17/h8-16,28,34H,2-7H2,1H3,(H,29,32)(H,30,35)(H,26,31,36)/t13-,15-,16-/m1/s1. The lowest BCUT2D eigenvalue weighted by Crippen LogP contribution is -2.43. The van der Waals surface area contributed by atoms with Gasteiger partial charge in [-0.15, -0.1) is 5.10 Å². The summed E-state index contributed by atoms with van der Waals surface area (Å²) >= 11 is 5.94. The predicted octanol–water partition coefficient (Wildman–Crippen LogP) is 2.82. The SMILES string of the molecule is C[C@@H](O)C(=O)N[C@H]1CC[C@H](Nc2cc(NC3CC3)c3ncc(C(=O)Nc4ccnc(Cl)c4)n3n2)CC1. The molecule has 5 N–H and O–H groups in total. The number of aromatic nitrogens is 4. The Morgan fingerprint density at radius 2 is 1.75 bits per heavy atom. The van der Waals surface area contributed by atoms with Crippen LogP contribution in [0.1, 0.15) is 55.9 Å². The van der Waals surface area contributed by atoms with E-state index in [9.17, 15) is 14.7 Å². The van der Waals surface area contributed by atoms with E-state index in [2.05, 4.69) is 36.3 Å². The zero-order valence-corrected chi connectivity index (χ0v) is 20.6. The molecule has 3 aromatic rings. The molecule has 2 saturated carbocycles. The maximum atomic E-state index is 13.1. The molecule has 1 atom stereocenters. The van der Waals surface area contributed by atoms with Crippen molar-refractivity contribution in [3.05, 3.63) is 41.4 Å². The fourth-order valence-electron chi connectivity index (χ4n) is 4.34. The van der Waals surface area contributed by atoms with Crippen molar-refractivity contribution in [2.45, 2.75) is 69.7 Å². The van der Waals surface area contributed by atoms with Crippen LogP contribution in [-0.4, -0.2) is 60.7 Å². The van der Waals surface area contributed by atoms with Gasteiger partial charge in [0.2, 0.25) is 5.91 Å². The molecule has 0 aromatic carbocycles. The summed E-state index contributed by atoms with van der Waals surface area (Å²) < 4.78 is 1.56. The second-order valence-corrected chi connectivity index (χ2v) is 9.83. The number of rotatable bonds is 8. The number of nitrogens with zero attached hydrogens (tertiary/aromatic N) is 4. The average molecular weight is 513 g/mol. The van der Waals surface area contributed by atoms with Crippen LogP contribution in [-0.2, 0) is 4.79 Å². The molecule has 2 fully saturated rings. The smallest absolute Gasteiger partial charge is 0.276 e. The predicted molar refractivity (Wildman–Crippen MR) is 136 cm³/mol. The number of aliphatic hydroxyl groups is 1. The summed E-state index contributed by atoms with van der Waals surface area (Å²) in [6.07, 6.45) is 7.51. The summed E-state index contributed by atoms with van der Waals surface area (Å²) in [5, 5.41) is 27.1. The van der Waals surface area contributed by atoms with Gasteiger partial charge in [0, 0.05) is 36.1 Å². The van der Waals surface area contributed by atoms with Gasteiger partial charge in [-0.25, -0.2) is 14.5 Å². The first-order valence-corrected chi connectivity index (χ1v) is 12.6. The molecule has 0 saturated heterocycles. The lowest BCUT2D eigenvalue weighted by Gasteiger charge is -2.30. The molecule has 5 rings (SSSR count). The van der Waals surface area contributed by atoms with Crippen molar-refractivity contribution >= 4 is 46.3 Å². The number of halogens is 1. The van der Waals surface area contributed by atoms with Crippen molar-refractivity contribution in [3.8, 4) is 0 Å². The first-order valence-electron chi connectivity index (χ1n) is 12.2. The van der Waals surface area contributed by atoms with Gasteiger partial charge in [0.05, 0.1) is 11.9 Å². The lowest BCUT2D eigenvalue weighted by molar-refractivity contribution is -0.129. The topological polar surface area (TPSA) is 146 Å². The Morgan fingerprint density at radius 1 is 1.06 bits per heavy atom. The van der Waals surface area contributed by atoms with Crippen LogP contribution in [0.3, 0.4) is 0 Å². The molecule has 11 nitrogen and oxygen atoms in total. The number of carbonyl (C=O) groups excluding carboxylic acids is 2. The molecule has 0 aliphatic heterocycles. The number of fused-ring (bicyclic) bond motifs is 1. The summed E-state index contributed by atoms with van der Waals surface area (Å²) in [6.45, 7) is 1.47. The van der Waals surface area contributed by atoms with Crippen molar-refractivity contribution < 1.29 is 14.7 Å². The van der Waals surface area contributed by atoms with Gasteiger partial charge in [0.15, 0.2) is 11.3 Å². The highest BCUT2D eigenvalue weighted by molar-refractivity contribution is 6.29. The molecule has 0 bridgehead atoms. The fraction of sp³-hybridized carbons (Fsp3) is 0.458. The van der Waals surface area contributed by atoms with Gasteiger partial charge >= 0.3 is 0 Å². The van der Waals surface area contributed by atoms with E-state index in [1.54, 1.807) is 16.6 Å². The fourth-order valence-corrected chi connectivity index (χ4v) is 4.51. The van der Waals surface area contributed by atoms with Crippen molar-refractivity contribution in [2.24, 2.45) is 0 Å². The number of nitrogens with one attached hydrogen (secondary N) is 4. The molecular formula is C24H29ClN8O3. The molecular weight excluding hydrogens is 484 g/mol. The third kappa shape index (κ3) is 5.68. The number of anilines is 3. The highest BCUT2D eigenvalue weighted by Gasteiger charge is 2.26. The van der Waals surface area contributed by atoms with Crippen LogP contribution in [0.5, 0.6) is 0 Å². The Kier molecular flexibility index (Phi) is 6.92. The molecule has 2 aliphatic rings. The van der Waals surface area contributed by atoms with Gasteiger partial charge in [-0.2, -0.15) is 0 Å². The molecule has 0 radical (unpaired) electrons. The van der Waals surface area contributed by atoms with Gasteiger partial charge < -0.3 is 26.4 Å². The van der Waals surface area contributed by atoms with Gasteiger partial charge in [-0.1, -0.05) is 11.6 Å². The number of amides is 2. The second-order valence-electron chi connectivity index (χ2n) is 9.44. The second kappa shape index (κ2) is 10.3. The number of carbonyl (C=O) groups is 2. The zero-order valence-electron chi connectivity index (χ0n) is 19.9. The van der Waals surface area contributed by atoms with Gasteiger partial charge in [-0.3, -0.25) is 9.59 Å². The van der Waals surface area contributed by atoms with Crippen LogP contribution < -0.4 is 21.3 Å². The molecule has 36 heavy (non-hydrogen) atoms. The molecule has 12 heteroatoms. The van der Waals surface area contributed by atoms with E-state index in [0.29, 0.717) is 28.9 Å². The minimum Gasteiger partial charge on any atom is -0.384 e. The number of imidazole rings is 1. The molecule has 0 spiro atoms. The maximum Gasteiger partial charge on any atom is 0.276 e. The highest BCUT2D eigenvalue weighted by atomic mass is 35.5. The summed E-state index contributed by atoms with van der Waals surface area (Å²) in [5.74, 6) is -0.0588. The minimum absolute atomic E-state index is 0.0540. The number of pyridine rings is 1. The molecule has 190 valence electrons. The first kappa shape index (κ1) is 24.3. The van der Waals surface area contributed by atoms with Gasteiger partial charge in [0.1, 0.15) is 17.1 Å². The Morgan fingerprint density at radius 3 is 2.44 bits per heavy atom. The third-order valence-corrected chi connectivity index (χ3v) is 6.63. The zero-order chi connectivity index (χ0) is 25.2. The Hall–Kier alpha value is -3.44. The normalized spacial score (nSPS) is 20.5. The van der Waals surface area contributed by atoms with Crippen molar-refractivity contribution in [1.29, 1.82) is 0 Å². The molecule has 2 aliphatic carbocycles. The van der Waals surface area contributed by atoms with Crippen LogP contribution in [0.25, 0.3) is 5.65 Å². The van der Waals surface area contributed by atoms with Crippen LogP contribution in [0, 0.1) is 0 Å². The van der Waals surface area contributed by atoms with Crippen molar-refractivity contribution in [3.63, 3.8) is 0 Å². The minimum atomic E-state index is -1.01. The third-order valence-electron chi connectivity index (χ3n) is 6.43. The van der Waals surface area contributed by atoms with E-state index in [0.717, 1.165) is 44.2 Å². The Bertz CT molecular complexity index is 1270. The number of aliphatic hydroxyl groups excluding tert-OH is 1. The van der Waals surface area contributed by atoms with Gasteiger partial charge in [0.25, 0.3) is 5.91 Å². The molecule has 0 unspecified atom stereocenters. The van der Waals surface area contributed by atoms with Crippen LogP contribution in [0.2, 0.25) is 5.15 Å². The molecule has 2 amide bonds. The molecule has 3 aromatic heterocycles. The van der Waals surface area contributed by atoms with E-state index in [4.69, 9.17) is 11.6 Å². The number of hydrogen-bond acceptors (Lipinski definition) is 8. The summed E-state index contributed by atoms with van der Waals surface area (Å²) in [5.41, 5.74) is 2.22. The van der Waals surface area contributed by atoms with Crippen LogP contribution in [0.4, 0.5) is 17.2 Å². The van der Waals surface area contributed by atoms with E-state index in [1.165, 1.54) is 19.3 Å². The summed E-state index contributed by atoms with van der Waals surface area (Å²) in [7, 11) is 0. The van der Waals surface area contributed by atoms with Crippen LogP contribution >= 0.6 is 11.6 Å². The van der Waals surface area contributed by atoms with E-state index < -0.39 is 6.10 Å². The van der Waals surface area contributed by atoms with E-state index in [-0.39, 0.29) is 29.1 Å². The lowest BCUT2D eigenvalue weighted by atomic mass is 9.91. The Balaban J connectivity index is 1.33. The molecule has 3 heterocycles. The summed E-state index contributed by atoms with van der Waals surface area (Å²) in [4.78, 5) is 33.2. The van der Waals surface area contributed by atoms with Gasteiger partial charge in [-0.05, 0) is 57.6 Å². The average Bonchev–Trinajstić information content (AvgIpc) is 3.55. The summed E-state index contributed by atoms with van der Waals surface area (Å²) in [6, 6.07) is 5.79. The van der Waals surface area contributed by atoms with E-state index >= 15 is 0 Å². The largest absolute Gasteiger partial charge is 0.384 e. The Labute approximate surface area is 213 Å². The van der Waals surface area contributed by atoms with Crippen LogP contribution in [0.15, 0.2) is 30.6 Å². The monoisotopic (exact) mass is 512 g/mol. The quantitative estimate of drug-likeness (QED) is 0.290. The van der Waals surface area contributed by atoms with Crippen molar-refractivity contribution in [1.82, 2.24) is 24.9 Å². The van der Waals surface area contributed by atoms with E-state index in [1.807, 2.05) is 6.07 Å². The van der Waals surface area contributed by atoms with Crippen molar-refractivity contribution in [2.75, 3.05) is 16.0 Å². The highest BCUT2D eigenvalue weighted by Crippen LogP contribution is 2.30.